The van der Waals surface area contributed by atoms with Crippen molar-refractivity contribution in [1.82, 2.24) is 4.57 Å². The molecular formula is C14H10N2O2. The van der Waals surface area contributed by atoms with E-state index >= 15 is 0 Å². The van der Waals surface area contributed by atoms with Crippen molar-refractivity contribution in [2.24, 2.45) is 7.05 Å². The molecule has 0 aliphatic heterocycles. The van der Waals surface area contributed by atoms with Crippen LogP contribution in [0.3, 0.4) is 0 Å². The Bertz CT molecular complexity index is 879. The van der Waals surface area contributed by atoms with Crippen LogP contribution in [0, 0.1) is 18.3 Å². The fourth-order valence-electron chi connectivity index (χ4n) is 2.29. The number of aryl methyl sites for hydroxylation is 2. The van der Waals surface area contributed by atoms with E-state index in [9.17, 15) is 4.79 Å². The zero-order valence-corrected chi connectivity index (χ0v) is 10.0. The Balaban J connectivity index is 2.66. The summed E-state index contributed by atoms with van der Waals surface area (Å²) < 4.78 is 7.30. The number of fused-ring (bicyclic) bond motifs is 3. The van der Waals surface area contributed by atoms with Crippen LogP contribution in [0.15, 0.2) is 33.5 Å². The molecule has 0 spiro atoms. The number of aromatic nitrogens is 1. The molecule has 0 radical (unpaired) electrons. The van der Waals surface area contributed by atoms with Gasteiger partial charge in [-0.3, -0.25) is 4.79 Å². The highest BCUT2D eigenvalue weighted by atomic mass is 16.3. The summed E-state index contributed by atoms with van der Waals surface area (Å²) in [6.45, 7) is 1.98. The molecule has 88 valence electrons. The lowest BCUT2D eigenvalue weighted by Crippen LogP contribution is -2.04. The monoisotopic (exact) mass is 238 g/mol. The fraction of sp³-hybridized carbons (Fsp3) is 0.143. The predicted octanol–water partition coefficient (Wildman–Crippen LogP) is 2.46. The topological polar surface area (TPSA) is 58.9 Å². The van der Waals surface area contributed by atoms with Gasteiger partial charge in [-0.1, -0.05) is 11.6 Å². The first-order valence-electron chi connectivity index (χ1n) is 5.55. The minimum Gasteiger partial charge on any atom is -0.443 e. The summed E-state index contributed by atoms with van der Waals surface area (Å²) in [5.74, 6) is 0.0431. The molecule has 0 bridgehead atoms. The maximum Gasteiger partial charge on any atom is 0.210 e. The molecule has 0 aliphatic rings. The summed E-state index contributed by atoms with van der Waals surface area (Å²) in [5.41, 5.74) is 2.80. The summed E-state index contributed by atoms with van der Waals surface area (Å²) in [7, 11) is 1.82. The predicted molar refractivity (Wildman–Crippen MR) is 68.4 cm³/mol. The summed E-state index contributed by atoms with van der Waals surface area (Å²) in [4.78, 5) is 12.0. The summed E-state index contributed by atoms with van der Waals surface area (Å²) in [6.07, 6.45) is 0. The van der Waals surface area contributed by atoms with Crippen LogP contribution in [0.25, 0.3) is 22.0 Å². The van der Waals surface area contributed by atoms with Gasteiger partial charge in [-0.05, 0) is 19.1 Å². The van der Waals surface area contributed by atoms with Gasteiger partial charge in [-0.25, -0.2) is 0 Å². The van der Waals surface area contributed by atoms with Crippen LogP contribution in [-0.2, 0) is 7.05 Å². The standard InChI is InChI=1S/C14H10N2O2/c1-8-3-4-11-10(5-8)14-13(16(11)2)12(17)6-9(7-15)18-14/h3-6H,1-2H3. The normalized spacial score (nSPS) is 10.9. The van der Waals surface area contributed by atoms with Crippen molar-refractivity contribution < 1.29 is 4.42 Å². The SMILES string of the molecule is Cc1ccc2c(c1)c1oc(C#N)cc(=O)c1n2C. The Labute approximate surface area is 103 Å². The van der Waals surface area contributed by atoms with Crippen LogP contribution in [0.1, 0.15) is 11.3 Å². The lowest BCUT2D eigenvalue weighted by molar-refractivity contribution is 0.588. The molecule has 4 nitrogen and oxygen atoms in total. The first-order valence-corrected chi connectivity index (χ1v) is 5.55. The number of hydrogen-bond donors (Lipinski definition) is 0. The minimum atomic E-state index is -0.191. The Kier molecular flexibility index (Phi) is 2.05. The highest BCUT2D eigenvalue weighted by Crippen LogP contribution is 2.27. The summed E-state index contributed by atoms with van der Waals surface area (Å²) in [5, 5.41) is 9.73. The fourth-order valence-corrected chi connectivity index (χ4v) is 2.29. The van der Waals surface area contributed by atoms with Crippen molar-refractivity contribution in [3.8, 4) is 6.07 Å². The van der Waals surface area contributed by atoms with Crippen LogP contribution >= 0.6 is 0 Å². The van der Waals surface area contributed by atoms with E-state index in [0.717, 1.165) is 16.5 Å². The van der Waals surface area contributed by atoms with E-state index in [1.54, 1.807) is 4.57 Å². The largest absolute Gasteiger partial charge is 0.443 e. The van der Waals surface area contributed by atoms with Gasteiger partial charge >= 0.3 is 0 Å². The number of hydrogen-bond acceptors (Lipinski definition) is 3. The molecule has 0 atom stereocenters. The Hall–Kier alpha value is -2.54. The molecule has 0 saturated heterocycles. The number of rotatable bonds is 0. The second-order valence-electron chi connectivity index (χ2n) is 4.34. The van der Waals surface area contributed by atoms with E-state index in [1.165, 1.54) is 6.07 Å². The average molecular weight is 238 g/mol. The van der Waals surface area contributed by atoms with Crippen molar-refractivity contribution in [1.29, 1.82) is 5.26 Å². The average Bonchev–Trinajstić information content (AvgIpc) is 2.63. The minimum absolute atomic E-state index is 0.0431. The van der Waals surface area contributed by atoms with E-state index in [4.69, 9.17) is 9.68 Å². The Morgan fingerprint density at radius 3 is 2.83 bits per heavy atom. The van der Waals surface area contributed by atoms with E-state index in [1.807, 2.05) is 38.2 Å². The van der Waals surface area contributed by atoms with Gasteiger partial charge in [0.1, 0.15) is 11.6 Å². The molecule has 0 unspecified atom stereocenters. The quantitative estimate of drug-likeness (QED) is 0.604. The number of benzene rings is 1. The van der Waals surface area contributed by atoms with Crippen molar-refractivity contribution >= 4 is 22.0 Å². The molecule has 0 fully saturated rings. The molecule has 2 heterocycles. The smallest absolute Gasteiger partial charge is 0.210 e. The molecule has 2 aromatic heterocycles. The highest BCUT2D eigenvalue weighted by Gasteiger charge is 2.14. The number of nitrogens with zero attached hydrogens (tertiary/aromatic N) is 2. The third-order valence-corrected chi connectivity index (χ3v) is 3.13. The summed E-state index contributed by atoms with van der Waals surface area (Å²) >= 11 is 0. The zero-order valence-electron chi connectivity index (χ0n) is 10.0. The van der Waals surface area contributed by atoms with Gasteiger partial charge in [0.05, 0.1) is 5.52 Å². The van der Waals surface area contributed by atoms with Gasteiger partial charge in [0.25, 0.3) is 0 Å². The van der Waals surface area contributed by atoms with Crippen LogP contribution in [0.2, 0.25) is 0 Å². The molecule has 0 saturated carbocycles. The van der Waals surface area contributed by atoms with Crippen molar-refractivity contribution in [3.05, 3.63) is 45.8 Å². The van der Waals surface area contributed by atoms with E-state index in [2.05, 4.69) is 0 Å². The van der Waals surface area contributed by atoms with E-state index in [0.29, 0.717) is 11.1 Å². The molecule has 3 rings (SSSR count). The van der Waals surface area contributed by atoms with Crippen LogP contribution < -0.4 is 5.43 Å². The van der Waals surface area contributed by atoms with Gasteiger partial charge in [0.2, 0.25) is 11.2 Å². The molecular weight excluding hydrogens is 228 g/mol. The molecule has 1 aromatic carbocycles. The second-order valence-corrected chi connectivity index (χ2v) is 4.34. The summed E-state index contributed by atoms with van der Waals surface area (Å²) in [6, 6.07) is 9.00. The van der Waals surface area contributed by atoms with Crippen LogP contribution in [0.5, 0.6) is 0 Å². The van der Waals surface area contributed by atoms with Gasteiger partial charge < -0.3 is 8.98 Å². The zero-order chi connectivity index (χ0) is 12.9. The van der Waals surface area contributed by atoms with Crippen LogP contribution in [0.4, 0.5) is 0 Å². The van der Waals surface area contributed by atoms with Gasteiger partial charge in [-0.2, -0.15) is 5.26 Å². The molecule has 18 heavy (non-hydrogen) atoms. The first-order chi connectivity index (χ1) is 8.61. The first kappa shape index (κ1) is 10.6. The van der Waals surface area contributed by atoms with Crippen molar-refractivity contribution in [2.75, 3.05) is 0 Å². The van der Waals surface area contributed by atoms with Gasteiger partial charge in [0.15, 0.2) is 5.58 Å². The molecule has 4 heteroatoms. The Morgan fingerprint density at radius 2 is 2.11 bits per heavy atom. The molecule has 3 aromatic rings. The van der Waals surface area contributed by atoms with Crippen LogP contribution in [-0.4, -0.2) is 4.57 Å². The Morgan fingerprint density at radius 1 is 1.33 bits per heavy atom. The lowest BCUT2D eigenvalue weighted by Gasteiger charge is -1.96. The third kappa shape index (κ3) is 1.28. The highest BCUT2D eigenvalue weighted by molar-refractivity contribution is 6.04. The second kappa shape index (κ2) is 3.47. The molecule has 0 aliphatic carbocycles. The lowest BCUT2D eigenvalue weighted by atomic mass is 10.2. The third-order valence-electron chi connectivity index (χ3n) is 3.13. The van der Waals surface area contributed by atoms with E-state index < -0.39 is 0 Å². The van der Waals surface area contributed by atoms with Crippen molar-refractivity contribution in [3.63, 3.8) is 0 Å². The van der Waals surface area contributed by atoms with Gasteiger partial charge in [0, 0.05) is 18.5 Å². The molecule has 0 N–H and O–H groups in total. The molecule has 0 amide bonds. The number of nitriles is 1. The van der Waals surface area contributed by atoms with Gasteiger partial charge in [-0.15, -0.1) is 0 Å². The maximum atomic E-state index is 12.0. The maximum absolute atomic E-state index is 12.0. The van der Waals surface area contributed by atoms with E-state index in [-0.39, 0.29) is 11.2 Å². The van der Waals surface area contributed by atoms with Crippen molar-refractivity contribution in [2.45, 2.75) is 6.92 Å².